The van der Waals surface area contributed by atoms with Gasteiger partial charge in [-0.3, -0.25) is 0 Å². The lowest BCUT2D eigenvalue weighted by atomic mass is 10.1. The van der Waals surface area contributed by atoms with Crippen molar-refractivity contribution >= 4 is 0 Å². The van der Waals surface area contributed by atoms with Crippen LogP contribution in [0.5, 0.6) is 11.5 Å². The maximum atomic E-state index is 9.36. The van der Waals surface area contributed by atoms with Gasteiger partial charge in [0.15, 0.2) is 11.5 Å². The molecule has 0 radical (unpaired) electrons. The fraction of sp³-hybridized carbons (Fsp3) is 0.600. The van der Waals surface area contributed by atoms with Crippen LogP contribution in [0, 0.1) is 0 Å². The SMILES string of the molecule is CCCOc1ccc(CCC(O)CO)cc1OCC. The van der Waals surface area contributed by atoms with Gasteiger partial charge in [0.25, 0.3) is 0 Å². The quantitative estimate of drug-likeness (QED) is 0.720. The third-order valence-corrected chi connectivity index (χ3v) is 2.75. The van der Waals surface area contributed by atoms with Gasteiger partial charge < -0.3 is 19.7 Å². The summed E-state index contributed by atoms with van der Waals surface area (Å²) in [4.78, 5) is 0. The number of rotatable bonds is 9. The van der Waals surface area contributed by atoms with E-state index >= 15 is 0 Å². The first kappa shape index (κ1) is 15.8. The van der Waals surface area contributed by atoms with Crippen molar-refractivity contribution in [2.75, 3.05) is 19.8 Å². The highest BCUT2D eigenvalue weighted by molar-refractivity contribution is 5.43. The van der Waals surface area contributed by atoms with Crippen LogP contribution in [0.4, 0.5) is 0 Å². The Morgan fingerprint density at radius 2 is 1.95 bits per heavy atom. The molecule has 1 rings (SSSR count). The summed E-state index contributed by atoms with van der Waals surface area (Å²) in [6.07, 6.45) is 1.54. The maximum Gasteiger partial charge on any atom is 0.161 e. The molecule has 19 heavy (non-hydrogen) atoms. The number of hydrogen-bond acceptors (Lipinski definition) is 4. The first-order valence-corrected chi connectivity index (χ1v) is 6.88. The summed E-state index contributed by atoms with van der Waals surface area (Å²) in [6.45, 7) is 5.06. The van der Waals surface area contributed by atoms with E-state index in [2.05, 4.69) is 6.92 Å². The van der Waals surface area contributed by atoms with E-state index < -0.39 is 6.10 Å². The van der Waals surface area contributed by atoms with Gasteiger partial charge in [0.1, 0.15) is 0 Å². The second kappa shape index (κ2) is 8.77. The Morgan fingerprint density at radius 3 is 2.58 bits per heavy atom. The molecule has 0 aromatic heterocycles. The second-order valence-electron chi connectivity index (χ2n) is 4.44. The van der Waals surface area contributed by atoms with Gasteiger partial charge >= 0.3 is 0 Å². The molecule has 0 heterocycles. The molecule has 1 aromatic rings. The highest BCUT2D eigenvalue weighted by Crippen LogP contribution is 2.29. The molecule has 4 nitrogen and oxygen atoms in total. The topological polar surface area (TPSA) is 58.9 Å². The second-order valence-corrected chi connectivity index (χ2v) is 4.44. The molecule has 2 N–H and O–H groups in total. The molecular weight excluding hydrogens is 244 g/mol. The zero-order chi connectivity index (χ0) is 14.1. The molecule has 0 bridgehead atoms. The molecular formula is C15H24O4. The average Bonchev–Trinajstić information content (AvgIpc) is 2.44. The summed E-state index contributed by atoms with van der Waals surface area (Å²) in [5, 5.41) is 18.2. The van der Waals surface area contributed by atoms with Gasteiger partial charge in [-0.2, -0.15) is 0 Å². The fourth-order valence-corrected chi connectivity index (χ4v) is 1.73. The number of hydrogen-bond donors (Lipinski definition) is 2. The molecule has 1 atom stereocenters. The van der Waals surface area contributed by atoms with Gasteiger partial charge in [-0.15, -0.1) is 0 Å². The van der Waals surface area contributed by atoms with Gasteiger partial charge in [-0.1, -0.05) is 13.0 Å². The summed E-state index contributed by atoms with van der Waals surface area (Å²) in [7, 11) is 0. The Kier molecular flexibility index (Phi) is 7.30. The van der Waals surface area contributed by atoms with Crippen molar-refractivity contribution in [3.8, 4) is 11.5 Å². The molecule has 108 valence electrons. The van der Waals surface area contributed by atoms with Crippen LogP contribution >= 0.6 is 0 Å². The highest BCUT2D eigenvalue weighted by Gasteiger charge is 2.08. The molecule has 0 amide bonds. The Morgan fingerprint density at radius 1 is 1.16 bits per heavy atom. The van der Waals surface area contributed by atoms with Crippen molar-refractivity contribution in [1.29, 1.82) is 0 Å². The number of aliphatic hydroxyl groups excluding tert-OH is 2. The maximum absolute atomic E-state index is 9.36. The van der Waals surface area contributed by atoms with E-state index in [0.717, 1.165) is 23.5 Å². The fourth-order valence-electron chi connectivity index (χ4n) is 1.73. The third kappa shape index (κ3) is 5.49. The van der Waals surface area contributed by atoms with Crippen molar-refractivity contribution in [2.24, 2.45) is 0 Å². The van der Waals surface area contributed by atoms with Crippen LogP contribution in [0.2, 0.25) is 0 Å². The monoisotopic (exact) mass is 268 g/mol. The van der Waals surface area contributed by atoms with Crippen LogP contribution in [0.15, 0.2) is 18.2 Å². The van der Waals surface area contributed by atoms with Gasteiger partial charge in [0, 0.05) is 0 Å². The number of aliphatic hydroxyl groups is 2. The number of benzene rings is 1. The van der Waals surface area contributed by atoms with Gasteiger partial charge in [0.05, 0.1) is 25.9 Å². The molecule has 0 fully saturated rings. The minimum Gasteiger partial charge on any atom is -0.490 e. The van der Waals surface area contributed by atoms with E-state index in [4.69, 9.17) is 14.6 Å². The van der Waals surface area contributed by atoms with Gasteiger partial charge in [0.2, 0.25) is 0 Å². The molecule has 0 aliphatic carbocycles. The lowest BCUT2D eigenvalue weighted by Crippen LogP contribution is -2.12. The van der Waals surface area contributed by atoms with Crippen molar-refractivity contribution in [3.63, 3.8) is 0 Å². The zero-order valence-corrected chi connectivity index (χ0v) is 11.8. The summed E-state index contributed by atoms with van der Waals surface area (Å²) in [6, 6.07) is 5.82. The van der Waals surface area contributed by atoms with Crippen LogP contribution < -0.4 is 9.47 Å². The van der Waals surface area contributed by atoms with Crippen LogP contribution in [0.25, 0.3) is 0 Å². The molecule has 0 saturated heterocycles. The summed E-state index contributed by atoms with van der Waals surface area (Å²) >= 11 is 0. The van der Waals surface area contributed by atoms with Crippen molar-refractivity contribution in [2.45, 2.75) is 39.2 Å². The van der Waals surface area contributed by atoms with Crippen LogP contribution in [0.1, 0.15) is 32.3 Å². The minimum absolute atomic E-state index is 0.198. The number of ether oxygens (including phenoxy) is 2. The molecule has 0 spiro atoms. The van der Waals surface area contributed by atoms with E-state index in [0.29, 0.717) is 26.1 Å². The van der Waals surface area contributed by atoms with Crippen LogP contribution in [-0.4, -0.2) is 36.1 Å². The lowest BCUT2D eigenvalue weighted by molar-refractivity contribution is 0.0885. The molecule has 0 aliphatic rings. The first-order valence-electron chi connectivity index (χ1n) is 6.88. The van der Waals surface area contributed by atoms with E-state index in [1.165, 1.54) is 0 Å². The Labute approximate surface area is 115 Å². The van der Waals surface area contributed by atoms with Gasteiger partial charge in [-0.05, 0) is 43.9 Å². The summed E-state index contributed by atoms with van der Waals surface area (Å²) in [5.41, 5.74) is 1.07. The summed E-state index contributed by atoms with van der Waals surface area (Å²) < 4.78 is 11.2. The van der Waals surface area contributed by atoms with Crippen molar-refractivity contribution < 1.29 is 19.7 Å². The van der Waals surface area contributed by atoms with Crippen molar-refractivity contribution in [1.82, 2.24) is 0 Å². The third-order valence-electron chi connectivity index (χ3n) is 2.75. The largest absolute Gasteiger partial charge is 0.490 e. The average molecular weight is 268 g/mol. The van der Waals surface area contributed by atoms with E-state index in [-0.39, 0.29) is 6.61 Å². The first-order chi connectivity index (χ1) is 9.21. The minimum atomic E-state index is -0.661. The highest BCUT2D eigenvalue weighted by atomic mass is 16.5. The van der Waals surface area contributed by atoms with Gasteiger partial charge in [-0.25, -0.2) is 0 Å². The predicted molar refractivity (Wildman–Crippen MR) is 74.8 cm³/mol. The Balaban J connectivity index is 2.71. The zero-order valence-electron chi connectivity index (χ0n) is 11.8. The normalized spacial score (nSPS) is 12.2. The van der Waals surface area contributed by atoms with E-state index in [9.17, 15) is 5.11 Å². The van der Waals surface area contributed by atoms with Crippen LogP contribution in [-0.2, 0) is 6.42 Å². The standard InChI is InChI=1S/C15H24O4/c1-3-9-19-14-8-6-12(5-7-13(17)11-16)10-15(14)18-4-2/h6,8,10,13,16-17H,3-5,7,9,11H2,1-2H3. The summed E-state index contributed by atoms with van der Waals surface area (Å²) in [5.74, 6) is 1.50. The number of aryl methyl sites for hydroxylation is 1. The Hall–Kier alpha value is -1.26. The molecule has 0 aliphatic heterocycles. The lowest BCUT2D eigenvalue weighted by Gasteiger charge is -2.13. The molecule has 0 saturated carbocycles. The predicted octanol–water partition coefficient (Wildman–Crippen LogP) is 2.16. The molecule has 1 aromatic carbocycles. The van der Waals surface area contributed by atoms with E-state index in [1.807, 2.05) is 25.1 Å². The smallest absolute Gasteiger partial charge is 0.161 e. The van der Waals surface area contributed by atoms with Crippen molar-refractivity contribution in [3.05, 3.63) is 23.8 Å². The molecule has 1 unspecified atom stereocenters. The molecule has 4 heteroatoms. The van der Waals surface area contributed by atoms with E-state index in [1.54, 1.807) is 0 Å². The Bertz CT molecular complexity index is 365. The van der Waals surface area contributed by atoms with Crippen LogP contribution in [0.3, 0.4) is 0 Å².